The highest BCUT2D eigenvalue weighted by Crippen LogP contribution is 2.25. The van der Waals surface area contributed by atoms with Gasteiger partial charge in [-0.2, -0.15) is 0 Å². The van der Waals surface area contributed by atoms with Crippen LogP contribution in [-0.2, 0) is 9.59 Å². The molecule has 0 aliphatic carbocycles. The number of carbonyl (C=O) groups excluding carboxylic acids is 1. The number of aliphatic carboxylic acids is 1. The smallest absolute Gasteiger partial charge is 0.303 e. The van der Waals surface area contributed by atoms with E-state index in [-0.39, 0.29) is 25.0 Å². The number of benzene rings is 1. The fourth-order valence-corrected chi connectivity index (χ4v) is 1.61. The Balaban J connectivity index is 2.37. The van der Waals surface area contributed by atoms with Crippen LogP contribution in [0.2, 0.25) is 0 Å². The third-order valence-electron chi connectivity index (χ3n) is 2.63. The lowest BCUT2D eigenvalue weighted by Crippen LogP contribution is -2.36. The lowest BCUT2D eigenvalue weighted by molar-refractivity contribution is -0.137. The maximum Gasteiger partial charge on any atom is 0.303 e. The van der Waals surface area contributed by atoms with Crippen molar-refractivity contribution in [1.82, 2.24) is 5.32 Å². The summed E-state index contributed by atoms with van der Waals surface area (Å²) < 4.78 is 10.5. The van der Waals surface area contributed by atoms with Gasteiger partial charge < -0.3 is 19.9 Å². The number of rotatable bonds is 8. The molecule has 0 saturated carbocycles. The van der Waals surface area contributed by atoms with Gasteiger partial charge in [0.05, 0.1) is 7.11 Å². The fourth-order valence-electron chi connectivity index (χ4n) is 1.61. The summed E-state index contributed by atoms with van der Waals surface area (Å²) in [5, 5.41) is 11.2. The molecule has 0 spiro atoms. The average molecular weight is 281 g/mol. The molecule has 0 aromatic heterocycles. The van der Waals surface area contributed by atoms with E-state index < -0.39 is 5.97 Å². The fraction of sp³-hybridized carbons (Fsp3) is 0.429. The van der Waals surface area contributed by atoms with Crippen molar-refractivity contribution < 1.29 is 24.2 Å². The average Bonchev–Trinajstić information content (AvgIpc) is 2.43. The van der Waals surface area contributed by atoms with Gasteiger partial charge in [-0.05, 0) is 25.5 Å². The molecule has 110 valence electrons. The highest BCUT2D eigenvalue weighted by atomic mass is 16.5. The zero-order valence-electron chi connectivity index (χ0n) is 11.6. The molecule has 6 nitrogen and oxygen atoms in total. The number of hydrogen-bond donors (Lipinski definition) is 2. The van der Waals surface area contributed by atoms with Gasteiger partial charge in [0.25, 0.3) is 5.91 Å². The number of ether oxygens (including phenoxy) is 2. The monoisotopic (exact) mass is 281 g/mol. The van der Waals surface area contributed by atoms with Crippen LogP contribution in [0.1, 0.15) is 19.8 Å². The predicted octanol–water partition coefficient (Wildman–Crippen LogP) is 1.44. The van der Waals surface area contributed by atoms with E-state index in [1.807, 2.05) is 0 Å². The number of amides is 1. The Morgan fingerprint density at radius 1 is 1.30 bits per heavy atom. The zero-order valence-corrected chi connectivity index (χ0v) is 11.6. The van der Waals surface area contributed by atoms with E-state index in [1.54, 1.807) is 31.2 Å². The predicted molar refractivity (Wildman–Crippen MR) is 73.0 cm³/mol. The van der Waals surface area contributed by atoms with Gasteiger partial charge in [0, 0.05) is 12.5 Å². The van der Waals surface area contributed by atoms with Crippen LogP contribution < -0.4 is 14.8 Å². The van der Waals surface area contributed by atoms with Crippen LogP contribution in [0.25, 0.3) is 0 Å². The zero-order chi connectivity index (χ0) is 15.0. The Morgan fingerprint density at radius 2 is 1.95 bits per heavy atom. The summed E-state index contributed by atoms with van der Waals surface area (Å²) in [5.74, 6) is -0.132. The van der Waals surface area contributed by atoms with Crippen LogP contribution in [0, 0.1) is 0 Å². The number of carboxylic acid groups (broad SMARTS) is 1. The minimum atomic E-state index is -0.878. The topological polar surface area (TPSA) is 84.9 Å². The van der Waals surface area contributed by atoms with E-state index >= 15 is 0 Å². The number of carboxylic acids is 1. The maximum atomic E-state index is 11.6. The summed E-state index contributed by atoms with van der Waals surface area (Å²) in [7, 11) is 1.52. The second-order valence-corrected chi connectivity index (χ2v) is 4.34. The summed E-state index contributed by atoms with van der Waals surface area (Å²) in [6, 6.07) is 6.83. The SMILES string of the molecule is COc1ccccc1OCC(=O)NC(C)CCC(=O)O. The first kappa shape index (κ1) is 15.8. The normalized spacial score (nSPS) is 11.5. The molecule has 0 aliphatic rings. The highest BCUT2D eigenvalue weighted by molar-refractivity contribution is 5.78. The maximum absolute atomic E-state index is 11.6. The molecule has 0 fully saturated rings. The molecule has 1 rings (SSSR count). The molecule has 1 unspecified atom stereocenters. The van der Waals surface area contributed by atoms with E-state index in [2.05, 4.69) is 5.32 Å². The van der Waals surface area contributed by atoms with Crippen molar-refractivity contribution in [3.05, 3.63) is 24.3 Å². The Morgan fingerprint density at radius 3 is 2.55 bits per heavy atom. The van der Waals surface area contributed by atoms with Gasteiger partial charge in [0.1, 0.15) is 0 Å². The molecule has 0 aliphatic heterocycles. The largest absolute Gasteiger partial charge is 0.493 e. The molecule has 0 radical (unpaired) electrons. The van der Waals surface area contributed by atoms with Crippen LogP contribution in [-0.4, -0.2) is 36.7 Å². The molecule has 20 heavy (non-hydrogen) atoms. The number of nitrogens with one attached hydrogen (secondary N) is 1. The third kappa shape index (κ3) is 5.60. The van der Waals surface area contributed by atoms with Crippen molar-refractivity contribution in [2.24, 2.45) is 0 Å². The highest BCUT2D eigenvalue weighted by Gasteiger charge is 2.11. The number of carbonyl (C=O) groups is 2. The lowest BCUT2D eigenvalue weighted by atomic mass is 10.2. The minimum Gasteiger partial charge on any atom is -0.493 e. The van der Waals surface area contributed by atoms with Gasteiger partial charge in [0.15, 0.2) is 18.1 Å². The Labute approximate surface area is 117 Å². The standard InChI is InChI=1S/C14H19NO5/c1-10(7-8-14(17)18)15-13(16)9-20-12-6-4-3-5-11(12)19-2/h3-6,10H,7-9H2,1-2H3,(H,15,16)(H,17,18). The van der Waals surface area contributed by atoms with Gasteiger partial charge in [-0.25, -0.2) is 0 Å². The second kappa shape index (κ2) is 8.04. The summed E-state index contributed by atoms with van der Waals surface area (Å²) >= 11 is 0. The van der Waals surface area contributed by atoms with E-state index in [0.29, 0.717) is 17.9 Å². The lowest BCUT2D eigenvalue weighted by Gasteiger charge is -2.14. The Kier molecular flexibility index (Phi) is 6.36. The van der Waals surface area contributed by atoms with Crippen molar-refractivity contribution in [2.75, 3.05) is 13.7 Å². The van der Waals surface area contributed by atoms with Crippen LogP contribution in [0.4, 0.5) is 0 Å². The number of hydrogen-bond acceptors (Lipinski definition) is 4. The summed E-state index contributed by atoms with van der Waals surface area (Å²) in [6.45, 7) is 1.61. The van der Waals surface area contributed by atoms with Gasteiger partial charge >= 0.3 is 5.97 Å². The molecule has 0 bridgehead atoms. The summed E-state index contributed by atoms with van der Waals surface area (Å²) in [6.07, 6.45) is 0.407. The van der Waals surface area contributed by atoms with Gasteiger partial charge in [-0.1, -0.05) is 12.1 Å². The van der Waals surface area contributed by atoms with Gasteiger partial charge in [-0.3, -0.25) is 9.59 Å². The third-order valence-corrected chi connectivity index (χ3v) is 2.63. The molecule has 1 amide bonds. The first-order valence-corrected chi connectivity index (χ1v) is 6.30. The van der Waals surface area contributed by atoms with E-state index in [0.717, 1.165) is 0 Å². The van der Waals surface area contributed by atoms with Gasteiger partial charge in [0.2, 0.25) is 0 Å². The van der Waals surface area contributed by atoms with E-state index in [9.17, 15) is 9.59 Å². The Bertz CT molecular complexity index is 461. The van der Waals surface area contributed by atoms with Crippen molar-refractivity contribution in [1.29, 1.82) is 0 Å². The van der Waals surface area contributed by atoms with E-state index in [1.165, 1.54) is 7.11 Å². The first-order valence-electron chi connectivity index (χ1n) is 6.30. The quantitative estimate of drug-likeness (QED) is 0.753. The van der Waals surface area contributed by atoms with Crippen molar-refractivity contribution in [2.45, 2.75) is 25.8 Å². The van der Waals surface area contributed by atoms with Crippen LogP contribution in [0.15, 0.2) is 24.3 Å². The molecular formula is C14H19NO5. The van der Waals surface area contributed by atoms with Crippen molar-refractivity contribution in [3.63, 3.8) is 0 Å². The molecule has 2 N–H and O–H groups in total. The van der Waals surface area contributed by atoms with Gasteiger partial charge in [-0.15, -0.1) is 0 Å². The molecule has 1 aromatic rings. The van der Waals surface area contributed by atoms with Crippen LogP contribution in [0.5, 0.6) is 11.5 Å². The molecule has 0 heterocycles. The number of methoxy groups -OCH3 is 1. The molecule has 6 heteroatoms. The second-order valence-electron chi connectivity index (χ2n) is 4.34. The molecular weight excluding hydrogens is 262 g/mol. The molecule has 1 aromatic carbocycles. The molecule has 1 atom stereocenters. The van der Waals surface area contributed by atoms with Crippen LogP contribution >= 0.6 is 0 Å². The van der Waals surface area contributed by atoms with Crippen LogP contribution in [0.3, 0.4) is 0 Å². The summed E-state index contributed by atoms with van der Waals surface area (Å²) in [4.78, 5) is 22.1. The van der Waals surface area contributed by atoms with Crippen molar-refractivity contribution in [3.8, 4) is 11.5 Å². The minimum absolute atomic E-state index is 0.0226. The van der Waals surface area contributed by atoms with Crippen molar-refractivity contribution >= 4 is 11.9 Å². The van der Waals surface area contributed by atoms with E-state index in [4.69, 9.17) is 14.6 Å². The molecule has 0 saturated heterocycles. The summed E-state index contributed by atoms with van der Waals surface area (Å²) in [5.41, 5.74) is 0. The number of para-hydroxylation sites is 2. The Hall–Kier alpha value is -2.24. The first-order chi connectivity index (χ1) is 9.52.